The number of hydrogen-bond donors (Lipinski definition) is 3. The minimum absolute atomic E-state index is 0.180. The van der Waals surface area contributed by atoms with Crippen LogP contribution in [0.15, 0.2) is 36.8 Å². The van der Waals surface area contributed by atoms with E-state index in [-0.39, 0.29) is 12.1 Å². The van der Waals surface area contributed by atoms with Gasteiger partial charge in [0.25, 0.3) is 0 Å². The molecule has 4 rings (SSSR count). The maximum Gasteiger partial charge on any atom is 0.322 e. The van der Waals surface area contributed by atoms with Crippen molar-refractivity contribution < 1.29 is 9.53 Å². The van der Waals surface area contributed by atoms with Crippen LogP contribution in [0, 0.1) is 0 Å². The SMILES string of the molecule is O=C(Nc1ccc2cc[nH]c2c1)N1CCOC[C@@H]1c1ncn[nH]1. The van der Waals surface area contributed by atoms with Crippen molar-refractivity contribution in [3.8, 4) is 0 Å². The van der Waals surface area contributed by atoms with E-state index in [1.807, 2.05) is 30.5 Å². The number of benzene rings is 1. The number of urea groups is 1. The molecule has 0 aliphatic carbocycles. The standard InChI is InChI=1S/C15H16N6O2/c22-15(19-11-2-1-10-3-4-16-12(10)7-11)21-5-6-23-8-13(21)14-17-9-18-20-14/h1-4,7,9,13,16H,5-6,8H2,(H,19,22)(H,17,18,20)/t13-/m1/s1. The van der Waals surface area contributed by atoms with Crippen LogP contribution in [0.2, 0.25) is 0 Å². The van der Waals surface area contributed by atoms with Gasteiger partial charge in [0.05, 0.1) is 13.2 Å². The van der Waals surface area contributed by atoms with Gasteiger partial charge in [-0.05, 0) is 23.6 Å². The van der Waals surface area contributed by atoms with Crippen LogP contribution in [0.5, 0.6) is 0 Å². The molecule has 23 heavy (non-hydrogen) atoms. The molecule has 2 amide bonds. The summed E-state index contributed by atoms with van der Waals surface area (Å²) in [5, 5.41) is 10.7. The molecule has 118 valence electrons. The summed E-state index contributed by atoms with van der Waals surface area (Å²) in [5.74, 6) is 0.625. The number of fused-ring (bicyclic) bond motifs is 1. The average molecular weight is 312 g/mol. The van der Waals surface area contributed by atoms with Gasteiger partial charge in [0.15, 0.2) is 0 Å². The molecule has 1 fully saturated rings. The summed E-state index contributed by atoms with van der Waals surface area (Å²) in [6.07, 6.45) is 3.30. The molecular formula is C15H16N6O2. The summed E-state index contributed by atoms with van der Waals surface area (Å²) in [7, 11) is 0. The fraction of sp³-hybridized carbons (Fsp3) is 0.267. The number of morpholine rings is 1. The van der Waals surface area contributed by atoms with Gasteiger partial charge >= 0.3 is 6.03 Å². The van der Waals surface area contributed by atoms with E-state index in [1.54, 1.807) is 4.90 Å². The van der Waals surface area contributed by atoms with Crippen LogP contribution in [0.25, 0.3) is 10.9 Å². The summed E-state index contributed by atoms with van der Waals surface area (Å²) in [6.45, 7) is 1.41. The summed E-state index contributed by atoms with van der Waals surface area (Å²) in [5.41, 5.74) is 1.73. The largest absolute Gasteiger partial charge is 0.377 e. The van der Waals surface area contributed by atoms with Gasteiger partial charge in [-0.1, -0.05) is 6.07 Å². The molecule has 3 heterocycles. The molecule has 3 N–H and O–H groups in total. The van der Waals surface area contributed by atoms with Gasteiger partial charge in [0.1, 0.15) is 18.2 Å². The number of anilines is 1. The highest BCUT2D eigenvalue weighted by Gasteiger charge is 2.30. The topological polar surface area (TPSA) is 98.9 Å². The number of H-pyrrole nitrogens is 2. The first-order valence-electron chi connectivity index (χ1n) is 7.39. The van der Waals surface area contributed by atoms with Crippen molar-refractivity contribution in [3.63, 3.8) is 0 Å². The number of nitrogens with one attached hydrogen (secondary N) is 3. The lowest BCUT2D eigenvalue weighted by Gasteiger charge is -2.34. The number of ether oxygens (including phenoxy) is 1. The van der Waals surface area contributed by atoms with Gasteiger partial charge in [0, 0.05) is 23.9 Å². The van der Waals surface area contributed by atoms with Gasteiger partial charge < -0.3 is 19.9 Å². The Bertz CT molecular complexity index is 812. The predicted molar refractivity (Wildman–Crippen MR) is 84.0 cm³/mol. The van der Waals surface area contributed by atoms with Crippen molar-refractivity contribution >= 4 is 22.6 Å². The first-order chi connectivity index (χ1) is 11.3. The highest BCUT2D eigenvalue weighted by molar-refractivity contribution is 5.92. The molecule has 1 aliphatic heterocycles. The zero-order valence-electron chi connectivity index (χ0n) is 12.3. The fourth-order valence-corrected chi connectivity index (χ4v) is 2.77. The predicted octanol–water partition coefficient (Wildman–Crippen LogP) is 1.89. The third kappa shape index (κ3) is 2.64. The Hall–Kier alpha value is -2.87. The van der Waals surface area contributed by atoms with E-state index < -0.39 is 0 Å². The molecule has 1 atom stereocenters. The molecule has 0 radical (unpaired) electrons. The van der Waals surface area contributed by atoms with E-state index in [2.05, 4.69) is 25.5 Å². The number of aromatic amines is 2. The maximum absolute atomic E-state index is 12.6. The van der Waals surface area contributed by atoms with Crippen molar-refractivity contribution in [3.05, 3.63) is 42.6 Å². The van der Waals surface area contributed by atoms with Crippen molar-refractivity contribution in [2.45, 2.75) is 6.04 Å². The Morgan fingerprint density at radius 2 is 2.35 bits per heavy atom. The van der Waals surface area contributed by atoms with Gasteiger partial charge in [-0.3, -0.25) is 5.10 Å². The molecule has 2 aromatic heterocycles. The average Bonchev–Trinajstić information content (AvgIpc) is 3.26. The molecular weight excluding hydrogens is 296 g/mol. The Labute approximate surface area is 131 Å². The summed E-state index contributed by atoms with van der Waals surface area (Å²) in [4.78, 5) is 21.6. The highest BCUT2D eigenvalue weighted by atomic mass is 16.5. The molecule has 1 aromatic carbocycles. The zero-order chi connectivity index (χ0) is 15.6. The lowest BCUT2D eigenvalue weighted by atomic mass is 10.2. The van der Waals surface area contributed by atoms with Crippen LogP contribution in [-0.2, 0) is 4.74 Å². The first kappa shape index (κ1) is 13.8. The normalized spacial score (nSPS) is 18.3. The molecule has 0 unspecified atom stereocenters. The van der Waals surface area contributed by atoms with Gasteiger partial charge in [-0.2, -0.15) is 5.10 Å². The minimum atomic E-state index is -0.263. The molecule has 8 heteroatoms. The molecule has 0 bridgehead atoms. The van der Waals surface area contributed by atoms with E-state index in [4.69, 9.17) is 4.74 Å². The molecule has 0 saturated carbocycles. The number of aromatic nitrogens is 4. The molecule has 8 nitrogen and oxygen atoms in total. The number of rotatable bonds is 2. The van der Waals surface area contributed by atoms with Crippen molar-refractivity contribution in [2.75, 3.05) is 25.1 Å². The molecule has 1 saturated heterocycles. The van der Waals surface area contributed by atoms with E-state index >= 15 is 0 Å². The third-order valence-corrected chi connectivity index (χ3v) is 3.94. The lowest BCUT2D eigenvalue weighted by molar-refractivity contribution is 0.0118. The second-order valence-corrected chi connectivity index (χ2v) is 5.36. The number of amides is 2. The smallest absolute Gasteiger partial charge is 0.322 e. The third-order valence-electron chi connectivity index (χ3n) is 3.94. The van der Waals surface area contributed by atoms with E-state index in [0.717, 1.165) is 16.6 Å². The lowest BCUT2D eigenvalue weighted by Crippen LogP contribution is -2.45. The zero-order valence-corrected chi connectivity index (χ0v) is 12.3. The van der Waals surface area contributed by atoms with E-state index in [9.17, 15) is 4.79 Å². The molecule has 0 spiro atoms. The fourth-order valence-electron chi connectivity index (χ4n) is 2.77. The highest BCUT2D eigenvalue weighted by Crippen LogP contribution is 2.23. The van der Waals surface area contributed by atoms with Gasteiger partial charge in [-0.15, -0.1) is 0 Å². The van der Waals surface area contributed by atoms with Crippen LogP contribution in [0.3, 0.4) is 0 Å². The van der Waals surface area contributed by atoms with E-state index in [1.165, 1.54) is 6.33 Å². The van der Waals surface area contributed by atoms with Crippen molar-refractivity contribution in [1.29, 1.82) is 0 Å². The van der Waals surface area contributed by atoms with Gasteiger partial charge in [0.2, 0.25) is 0 Å². The Balaban J connectivity index is 1.54. The number of nitrogens with zero attached hydrogens (tertiary/aromatic N) is 3. The number of carbonyl (C=O) groups is 1. The second-order valence-electron chi connectivity index (χ2n) is 5.36. The quantitative estimate of drug-likeness (QED) is 0.673. The van der Waals surface area contributed by atoms with Crippen LogP contribution in [-0.4, -0.2) is 50.9 Å². The van der Waals surface area contributed by atoms with Crippen LogP contribution < -0.4 is 5.32 Å². The number of carbonyl (C=O) groups excluding carboxylic acids is 1. The Morgan fingerprint density at radius 1 is 1.39 bits per heavy atom. The van der Waals surface area contributed by atoms with Crippen LogP contribution in [0.4, 0.5) is 10.5 Å². The second kappa shape index (κ2) is 5.73. The van der Waals surface area contributed by atoms with Gasteiger partial charge in [-0.25, -0.2) is 9.78 Å². The minimum Gasteiger partial charge on any atom is -0.377 e. The summed E-state index contributed by atoms with van der Waals surface area (Å²) < 4.78 is 5.47. The Kier molecular flexibility index (Phi) is 3.43. The molecule has 3 aromatic rings. The van der Waals surface area contributed by atoms with Crippen LogP contribution >= 0.6 is 0 Å². The van der Waals surface area contributed by atoms with Crippen molar-refractivity contribution in [1.82, 2.24) is 25.1 Å². The molecule has 1 aliphatic rings. The van der Waals surface area contributed by atoms with E-state index in [0.29, 0.717) is 25.6 Å². The number of hydrogen-bond acceptors (Lipinski definition) is 4. The summed E-state index contributed by atoms with van der Waals surface area (Å²) >= 11 is 0. The van der Waals surface area contributed by atoms with Crippen molar-refractivity contribution in [2.24, 2.45) is 0 Å². The Morgan fingerprint density at radius 3 is 3.22 bits per heavy atom. The van der Waals surface area contributed by atoms with Crippen LogP contribution in [0.1, 0.15) is 11.9 Å². The summed E-state index contributed by atoms with van der Waals surface area (Å²) in [6, 6.07) is 7.31. The maximum atomic E-state index is 12.6. The first-order valence-corrected chi connectivity index (χ1v) is 7.39. The monoisotopic (exact) mass is 312 g/mol.